The molecule has 172 valence electrons. The Kier molecular flexibility index (Phi) is 6.07. The molecule has 0 radical (unpaired) electrons. The maximum Gasteiger partial charge on any atom is 0.294 e. The molecule has 3 N–H and O–H groups in total. The van der Waals surface area contributed by atoms with Gasteiger partial charge in [0.2, 0.25) is 11.6 Å². The zero-order valence-electron chi connectivity index (χ0n) is 18.1. The highest BCUT2D eigenvalue weighted by molar-refractivity contribution is 5.98. The van der Waals surface area contributed by atoms with Gasteiger partial charge in [0, 0.05) is 17.7 Å². The van der Waals surface area contributed by atoms with E-state index in [1.54, 1.807) is 0 Å². The topological polar surface area (TPSA) is 180 Å². The monoisotopic (exact) mass is 461 g/mol. The molecule has 0 saturated heterocycles. The number of aromatic nitrogens is 5. The van der Waals surface area contributed by atoms with E-state index in [0.29, 0.717) is 11.5 Å². The summed E-state index contributed by atoms with van der Waals surface area (Å²) in [4.78, 5) is 23.4. The highest BCUT2D eigenvalue weighted by Crippen LogP contribution is 2.28. The molecule has 2 heterocycles. The number of nitrogen functional groups attached to an aromatic ring is 1. The van der Waals surface area contributed by atoms with Crippen molar-refractivity contribution >= 4 is 23.6 Å². The Labute approximate surface area is 192 Å². The molecule has 0 aliphatic carbocycles. The van der Waals surface area contributed by atoms with E-state index >= 15 is 0 Å². The van der Waals surface area contributed by atoms with Crippen molar-refractivity contribution in [2.75, 3.05) is 5.73 Å². The summed E-state index contributed by atoms with van der Waals surface area (Å²) in [5.41, 5.74) is 10.5. The van der Waals surface area contributed by atoms with Crippen molar-refractivity contribution in [1.29, 1.82) is 0 Å². The number of nitro benzene ring substituents is 1. The van der Waals surface area contributed by atoms with Crippen LogP contribution in [-0.2, 0) is 0 Å². The number of hydrazone groups is 1. The number of nitrogens with two attached hydrogens (primary N) is 1. The first kappa shape index (κ1) is 22.3. The van der Waals surface area contributed by atoms with Crippen LogP contribution in [0.3, 0.4) is 0 Å². The van der Waals surface area contributed by atoms with Crippen LogP contribution in [0.25, 0.3) is 17.1 Å². The van der Waals surface area contributed by atoms with Gasteiger partial charge in [0.15, 0.2) is 5.69 Å². The summed E-state index contributed by atoms with van der Waals surface area (Å²) in [6, 6.07) is 13.2. The Morgan fingerprint density at radius 1 is 1.18 bits per heavy atom. The molecule has 4 aromatic rings. The summed E-state index contributed by atoms with van der Waals surface area (Å²) in [7, 11) is 0. The number of non-ortho nitro benzene ring substituents is 1. The van der Waals surface area contributed by atoms with Crippen molar-refractivity contribution in [2.45, 2.75) is 19.8 Å². The van der Waals surface area contributed by atoms with Crippen LogP contribution >= 0.6 is 0 Å². The molecule has 2 aromatic heterocycles. The Balaban J connectivity index is 1.64. The van der Waals surface area contributed by atoms with Crippen LogP contribution in [-0.4, -0.2) is 42.4 Å². The Morgan fingerprint density at radius 3 is 2.47 bits per heavy atom. The van der Waals surface area contributed by atoms with Gasteiger partial charge in [-0.15, -0.1) is 5.10 Å². The van der Waals surface area contributed by atoms with Gasteiger partial charge in [0.1, 0.15) is 5.69 Å². The van der Waals surface area contributed by atoms with Crippen LogP contribution in [0.5, 0.6) is 0 Å². The average molecular weight is 461 g/mol. The molecule has 0 aliphatic heterocycles. The Bertz CT molecular complexity index is 1360. The molecule has 0 atom stereocenters. The average Bonchev–Trinajstić information content (AvgIpc) is 3.45. The molecule has 1 amide bonds. The normalized spacial score (nSPS) is 11.3. The Hall–Kier alpha value is -4.94. The molecule has 0 bridgehead atoms. The highest BCUT2D eigenvalue weighted by atomic mass is 16.6. The number of benzene rings is 2. The number of carbonyl (C=O) groups is 1. The molecule has 0 saturated carbocycles. The van der Waals surface area contributed by atoms with Gasteiger partial charge in [0.25, 0.3) is 11.6 Å². The minimum atomic E-state index is -0.662. The second kappa shape index (κ2) is 9.28. The SMILES string of the molecule is CC(C)c1ccc(/C=N\NC(=O)c2nnn(-c3nonc3N)c2-c2ccc([N+](=O)[O-])cc2)cc1. The van der Waals surface area contributed by atoms with Gasteiger partial charge < -0.3 is 5.73 Å². The number of rotatable bonds is 7. The van der Waals surface area contributed by atoms with E-state index in [9.17, 15) is 14.9 Å². The smallest absolute Gasteiger partial charge is 0.294 e. The van der Waals surface area contributed by atoms with Crippen LogP contribution in [0, 0.1) is 10.1 Å². The zero-order valence-corrected chi connectivity index (χ0v) is 18.1. The number of amides is 1. The van der Waals surface area contributed by atoms with Gasteiger partial charge in [-0.3, -0.25) is 14.9 Å². The van der Waals surface area contributed by atoms with Gasteiger partial charge in [-0.25, -0.2) is 10.1 Å². The van der Waals surface area contributed by atoms with E-state index in [-0.39, 0.29) is 28.7 Å². The first-order chi connectivity index (χ1) is 16.3. The lowest BCUT2D eigenvalue weighted by Gasteiger charge is -2.06. The zero-order chi connectivity index (χ0) is 24.2. The predicted molar refractivity (Wildman–Crippen MR) is 121 cm³/mol. The third-order valence-corrected chi connectivity index (χ3v) is 4.92. The summed E-state index contributed by atoms with van der Waals surface area (Å²) >= 11 is 0. The van der Waals surface area contributed by atoms with Crippen LogP contribution in [0.15, 0.2) is 58.3 Å². The molecular weight excluding hydrogens is 442 g/mol. The maximum absolute atomic E-state index is 12.9. The van der Waals surface area contributed by atoms with E-state index in [1.807, 2.05) is 24.3 Å². The van der Waals surface area contributed by atoms with Crippen molar-refractivity contribution in [1.82, 2.24) is 30.7 Å². The Morgan fingerprint density at radius 2 is 1.88 bits per heavy atom. The summed E-state index contributed by atoms with van der Waals surface area (Å²) in [5.74, 6) is -0.332. The largest absolute Gasteiger partial charge is 0.378 e. The molecule has 0 unspecified atom stereocenters. The molecule has 4 rings (SSSR count). The predicted octanol–water partition coefficient (Wildman–Crippen LogP) is 2.70. The standard InChI is InChI=1S/C21H19N9O4/c1-12(2)14-5-3-13(4-6-14)11-23-25-21(31)17-18(15-7-9-16(10-8-15)30(32)33)29(28-24-17)20-19(22)26-34-27-20/h3-12H,1-2H3,(H2,22,26)(H,25,31)/b23-11-. The van der Waals surface area contributed by atoms with E-state index < -0.39 is 10.8 Å². The number of hydrogen-bond donors (Lipinski definition) is 2. The second-order valence-electron chi connectivity index (χ2n) is 7.50. The lowest BCUT2D eigenvalue weighted by Crippen LogP contribution is -2.19. The molecule has 34 heavy (non-hydrogen) atoms. The lowest BCUT2D eigenvalue weighted by atomic mass is 10.0. The minimum Gasteiger partial charge on any atom is -0.378 e. The number of nitro groups is 1. The maximum atomic E-state index is 12.9. The van der Waals surface area contributed by atoms with Crippen molar-refractivity contribution in [3.8, 4) is 17.1 Å². The van der Waals surface area contributed by atoms with Crippen molar-refractivity contribution in [3.63, 3.8) is 0 Å². The quantitative estimate of drug-likeness (QED) is 0.237. The van der Waals surface area contributed by atoms with Gasteiger partial charge in [0.05, 0.1) is 11.1 Å². The van der Waals surface area contributed by atoms with Gasteiger partial charge >= 0.3 is 0 Å². The fourth-order valence-electron chi connectivity index (χ4n) is 3.11. The third-order valence-electron chi connectivity index (χ3n) is 4.92. The fraction of sp³-hybridized carbons (Fsp3) is 0.143. The molecule has 0 fully saturated rings. The summed E-state index contributed by atoms with van der Waals surface area (Å²) in [6.07, 6.45) is 1.50. The van der Waals surface area contributed by atoms with Gasteiger partial charge in [-0.2, -0.15) is 9.78 Å². The summed E-state index contributed by atoms with van der Waals surface area (Å²) in [6.45, 7) is 4.20. The molecule has 0 spiro atoms. The fourth-order valence-corrected chi connectivity index (χ4v) is 3.11. The summed E-state index contributed by atoms with van der Waals surface area (Å²) in [5, 5.41) is 30.1. The van der Waals surface area contributed by atoms with Crippen LogP contribution in [0.4, 0.5) is 11.5 Å². The van der Waals surface area contributed by atoms with Crippen molar-refractivity contribution < 1.29 is 14.3 Å². The minimum absolute atomic E-state index is 0.00801. The van der Waals surface area contributed by atoms with Gasteiger partial charge in [-0.1, -0.05) is 43.3 Å². The molecular formula is C21H19N9O4. The second-order valence-corrected chi connectivity index (χ2v) is 7.50. The van der Waals surface area contributed by atoms with E-state index in [2.05, 4.69) is 49.6 Å². The molecule has 13 heteroatoms. The number of nitrogens with one attached hydrogen (secondary N) is 1. The number of hydrogen-bond acceptors (Lipinski definition) is 10. The number of carbonyl (C=O) groups excluding carboxylic acids is 1. The van der Waals surface area contributed by atoms with E-state index in [0.717, 1.165) is 10.2 Å². The molecule has 13 nitrogen and oxygen atoms in total. The number of anilines is 1. The lowest BCUT2D eigenvalue weighted by molar-refractivity contribution is -0.384. The molecule has 2 aromatic carbocycles. The van der Waals surface area contributed by atoms with Crippen LogP contribution < -0.4 is 11.2 Å². The van der Waals surface area contributed by atoms with Gasteiger partial charge in [-0.05, 0) is 39.5 Å². The summed E-state index contributed by atoms with van der Waals surface area (Å²) < 4.78 is 5.78. The third kappa shape index (κ3) is 4.48. The van der Waals surface area contributed by atoms with Crippen molar-refractivity contribution in [2.24, 2.45) is 5.10 Å². The first-order valence-electron chi connectivity index (χ1n) is 10.1. The number of nitrogens with zero attached hydrogens (tertiary/aromatic N) is 7. The van der Waals surface area contributed by atoms with Crippen LogP contribution in [0.1, 0.15) is 41.4 Å². The van der Waals surface area contributed by atoms with E-state index in [4.69, 9.17) is 5.73 Å². The van der Waals surface area contributed by atoms with E-state index in [1.165, 1.54) is 36.0 Å². The highest BCUT2D eigenvalue weighted by Gasteiger charge is 2.25. The van der Waals surface area contributed by atoms with Crippen LogP contribution in [0.2, 0.25) is 0 Å². The van der Waals surface area contributed by atoms with Crippen molar-refractivity contribution in [3.05, 3.63) is 75.5 Å². The first-order valence-corrected chi connectivity index (χ1v) is 10.1. The molecule has 0 aliphatic rings.